The van der Waals surface area contributed by atoms with Crippen molar-refractivity contribution in [3.05, 3.63) is 69.5 Å². The van der Waals surface area contributed by atoms with Crippen molar-refractivity contribution in [1.82, 2.24) is 15.2 Å². The molecule has 4 heterocycles. The summed E-state index contributed by atoms with van der Waals surface area (Å²) in [6.07, 6.45) is 0.910. The minimum absolute atomic E-state index is 0.147. The molecule has 0 fully saturated rings. The zero-order valence-corrected chi connectivity index (χ0v) is 18.3. The standard InChI is InChI=1S/C23H22N4OS2/c1-27-10-9-16-15(13-27)18(17-8-5-11-29-17)19-20(24)21(30-23(19)26-16)22(28)25-12-14-6-3-2-4-7-14/h2-8,11H,9-10,12-13,24H2,1H3,(H,25,28). The lowest BCUT2D eigenvalue weighted by Crippen LogP contribution is -2.27. The normalized spacial score (nSPS) is 14.0. The molecule has 0 atom stereocenters. The minimum Gasteiger partial charge on any atom is -0.397 e. The Bertz CT molecular complexity index is 1220. The van der Waals surface area contributed by atoms with E-state index in [9.17, 15) is 4.79 Å². The summed E-state index contributed by atoms with van der Waals surface area (Å²) in [4.78, 5) is 22.8. The number of thiophene rings is 2. The Balaban J connectivity index is 1.60. The Hall–Kier alpha value is -2.74. The molecule has 0 saturated heterocycles. The SMILES string of the molecule is CN1CCc2nc3sc(C(=O)NCc4ccccc4)c(N)c3c(-c3cccs3)c2C1. The summed E-state index contributed by atoms with van der Waals surface area (Å²) >= 11 is 3.10. The van der Waals surface area contributed by atoms with Crippen molar-refractivity contribution in [3.8, 4) is 10.4 Å². The first-order chi connectivity index (χ1) is 14.6. The van der Waals surface area contributed by atoms with Crippen LogP contribution in [0.4, 0.5) is 5.69 Å². The number of rotatable bonds is 4. The predicted molar refractivity (Wildman–Crippen MR) is 125 cm³/mol. The quantitative estimate of drug-likeness (QED) is 0.495. The van der Waals surface area contributed by atoms with Gasteiger partial charge in [0.15, 0.2) is 0 Å². The van der Waals surface area contributed by atoms with Gasteiger partial charge in [-0.15, -0.1) is 22.7 Å². The second-order valence-electron chi connectivity index (χ2n) is 7.57. The first kappa shape index (κ1) is 19.2. The number of amides is 1. The number of nitrogens with two attached hydrogens (primary N) is 1. The van der Waals surface area contributed by atoms with E-state index in [2.05, 4.69) is 34.8 Å². The number of nitrogens with zero attached hydrogens (tertiary/aromatic N) is 2. The fourth-order valence-electron chi connectivity index (χ4n) is 3.98. The molecule has 1 aliphatic rings. The summed E-state index contributed by atoms with van der Waals surface area (Å²) in [5.74, 6) is -0.147. The molecule has 30 heavy (non-hydrogen) atoms. The van der Waals surface area contributed by atoms with Gasteiger partial charge in [-0.2, -0.15) is 0 Å². The first-order valence-corrected chi connectivity index (χ1v) is 11.6. The Morgan fingerprint density at radius 3 is 2.83 bits per heavy atom. The molecule has 0 spiro atoms. The average Bonchev–Trinajstić information content (AvgIpc) is 3.40. The third-order valence-corrected chi connectivity index (χ3v) is 7.48. The van der Waals surface area contributed by atoms with Crippen molar-refractivity contribution in [1.29, 1.82) is 0 Å². The number of carbonyl (C=O) groups is 1. The van der Waals surface area contributed by atoms with Gasteiger partial charge in [0.25, 0.3) is 5.91 Å². The summed E-state index contributed by atoms with van der Waals surface area (Å²) < 4.78 is 0. The maximum absolute atomic E-state index is 13.0. The molecule has 1 aliphatic heterocycles. The number of fused-ring (bicyclic) bond motifs is 2. The summed E-state index contributed by atoms with van der Waals surface area (Å²) in [6.45, 7) is 2.30. The molecule has 0 aliphatic carbocycles. The minimum atomic E-state index is -0.147. The number of hydrogen-bond donors (Lipinski definition) is 2. The highest BCUT2D eigenvalue weighted by Gasteiger charge is 2.27. The molecule has 5 rings (SSSR count). The van der Waals surface area contributed by atoms with E-state index in [1.165, 1.54) is 21.8 Å². The van der Waals surface area contributed by atoms with Gasteiger partial charge in [-0.3, -0.25) is 4.79 Å². The van der Waals surface area contributed by atoms with Crippen LogP contribution in [0.15, 0.2) is 47.8 Å². The van der Waals surface area contributed by atoms with Crippen molar-refractivity contribution in [2.45, 2.75) is 19.5 Å². The number of likely N-dealkylation sites (N-methyl/N-ethyl adjacent to an activating group) is 1. The van der Waals surface area contributed by atoms with E-state index in [-0.39, 0.29) is 5.91 Å². The Morgan fingerprint density at radius 2 is 2.07 bits per heavy atom. The van der Waals surface area contributed by atoms with Crippen molar-refractivity contribution in [2.75, 3.05) is 19.3 Å². The molecule has 0 unspecified atom stereocenters. The molecule has 5 nitrogen and oxygen atoms in total. The molecule has 7 heteroatoms. The molecule has 0 saturated carbocycles. The highest BCUT2D eigenvalue weighted by molar-refractivity contribution is 7.21. The Labute approximate surface area is 183 Å². The van der Waals surface area contributed by atoms with Gasteiger partial charge < -0.3 is 16.0 Å². The van der Waals surface area contributed by atoms with Crippen LogP contribution in [-0.4, -0.2) is 29.4 Å². The summed E-state index contributed by atoms with van der Waals surface area (Å²) in [5, 5.41) is 6.00. The summed E-state index contributed by atoms with van der Waals surface area (Å²) in [7, 11) is 2.13. The number of anilines is 1. The van der Waals surface area contributed by atoms with Crippen molar-refractivity contribution in [3.63, 3.8) is 0 Å². The van der Waals surface area contributed by atoms with Crippen LogP contribution in [0.5, 0.6) is 0 Å². The van der Waals surface area contributed by atoms with E-state index < -0.39 is 0 Å². The lowest BCUT2D eigenvalue weighted by atomic mass is 9.96. The van der Waals surface area contributed by atoms with E-state index in [0.717, 1.165) is 46.5 Å². The molecule has 0 bridgehead atoms. The number of pyridine rings is 1. The van der Waals surface area contributed by atoms with Crippen LogP contribution in [-0.2, 0) is 19.5 Å². The van der Waals surface area contributed by atoms with Crippen LogP contribution >= 0.6 is 22.7 Å². The van der Waals surface area contributed by atoms with Crippen LogP contribution in [0, 0.1) is 0 Å². The molecule has 152 valence electrons. The molecular weight excluding hydrogens is 412 g/mol. The monoisotopic (exact) mass is 434 g/mol. The molecule has 3 aromatic heterocycles. The highest BCUT2D eigenvalue weighted by Crippen LogP contribution is 2.44. The number of benzene rings is 1. The van der Waals surface area contributed by atoms with Gasteiger partial charge in [0.05, 0.1) is 5.69 Å². The van der Waals surface area contributed by atoms with E-state index in [0.29, 0.717) is 17.1 Å². The van der Waals surface area contributed by atoms with Crippen LogP contribution < -0.4 is 11.1 Å². The molecule has 4 aromatic rings. The molecule has 1 amide bonds. The van der Waals surface area contributed by atoms with Gasteiger partial charge in [0.2, 0.25) is 0 Å². The lowest BCUT2D eigenvalue weighted by Gasteiger charge is -2.26. The summed E-state index contributed by atoms with van der Waals surface area (Å²) in [6, 6.07) is 14.1. The van der Waals surface area contributed by atoms with E-state index >= 15 is 0 Å². The summed E-state index contributed by atoms with van der Waals surface area (Å²) in [5.41, 5.74) is 11.7. The first-order valence-electron chi connectivity index (χ1n) is 9.90. The number of carbonyl (C=O) groups excluding carboxylic acids is 1. The second-order valence-corrected chi connectivity index (χ2v) is 9.52. The molecule has 3 N–H and O–H groups in total. The Kier molecular flexibility index (Phi) is 5.02. The average molecular weight is 435 g/mol. The molecular formula is C23H22N4OS2. The molecule has 1 aromatic carbocycles. The second kappa shape index (κ2) is 7.83. The third kappa shape index (κ3) is 3.39. The van der Waals surface area contributed by atoms with E-state index in [4.69, 9.17) is 10.7 Å². The van der Waals surface area contributed by atoms with Crippen LogP contribution in [0.3, 0.4) is 0 Å². The number of hydrogen-bond acceptors (Lipinski definition) is 6. The van der Waals surface area contributed by atoms with Crippen molar-refractivity contribution >= 4 is 44.5 Å². The van der Waals surface area contributed by atoms with Gasteiger partial charge in [-0.1, -0.05) is 36.4 Å². The zero-order valence-electron chi connectivity index (χ0n) is 16.6. The zero-order chi connectivity index (χ0) is 20.7. The van der Waals surface area contributed by atoms with Gasteiger partial charge in [-0.05, 0) is 29.6 Å². The van der Waals surface area contributed by atoms with Crippen molar-refractivity contribution < 1.29 is 4.79 Å². The maximum Gasteiger partial charge on any atom is 0.263 e. The predicted octanol–water partition coefficient (Wildman–Crippen LogP) is 4.52. The maximum atomic E-state index is 13.0. The largest absolute Gasteiger partial charge is 0.397 e. The van der Waals surface area contributed by atoms with E-state index in [1.54, 1.807) is 11.3 Å². The van der Waals surface area contributed by atoms with Crippen LogP contribution in [0.2, 0.25) is 0 Å². The highest BCUT2D eigenvalue weighted by atomic mass is 32.1. The van der Waals surface area contributed by atoms with Crippen LogP contribution in [0.1, 0.15) is 26.5 Å². The number of aromatic nitrogens is 1. The lowest BCUT2D eigenvalue weighted by molar-refractivity contribution is 0.0956. The number of nitrogen functional groups attached to an aromatic ring is 1. The van der Waals surface area contributed by atoms with Gasteiger partial charge in [0.1, 0.15) is 9.71 Å². The van der Waals surface area contributed by atoms with Gasteiger partial charge in [0, 0.05) is 47.6 Å². The topological polar surface area (TPSA) is 71.2 Å². The number of nitrogens with one attached hydrogen (secondary N) is 1. The van der Waals surface area contributed by atoms with Gasteiger partial charge >= 0.3 is 0 Å². The van der Waals surface area contributed by atoms with Crippen molar-refractivity contribution in [2.24, 2.45) is 0 Å². The molecule has 0 radical (unpaired) electrons. The fraction of sp³-hybridized carbons (Fsp3) is 0.217. The third-order valence-electron chi connectivity index (χ3n) is 5.49. The van der Waals surface area contributed by atoms with E-state index in [1.807, 2.05) is 30.3 Å². The fourth-order valence-corrected chi connectivity index (χ4v) is 5.82. The smallest absolute Gasteiger partial charge is 0.263 e. The van der Waals surface area contributed by atoms with Gasteiger partial charge in [-0.25, -0.2) is 4.98 Å². The Morgan fingerprint density at radius 1 is 1.23 bits per heavy atom. The van der Waals surface area contributed by atoms with Crippen LogP contribution in [0.25, 0.3) is 20.7 Å².